The van der Waals surface area contributed by atoms with E-state index in [1.807, 2.05) is 12.1 Å². The minimum Gasteiger partial charge on any atom is -0.476 e. The molecule has 3 unspecified atom stereocenters. The number of nitrogens with two attached hydrogens (primary N) is 1. The Bertz CT molecular complexity index is 487. The first kappa shape index (κ1) is 14.5. The van der Waals surface area contributed by atoms with Crippen LogP contribution in [0.15, 0.2) is 12.1 Å². The first-order chi connectivity index (χ1) is 10.1. The van der Waals surface area contributed by atoms with Gasteiger partial charge >= 0.3 is 0 Å². The standard InChI is InChI=1S/C17H27N3O/c1-11-3-6-14(9-12(11)2)19-16-8-7-15(18)17(20-16)21-10-13-4-5-13/h7-8,11-14H,3-6,9-10,18H2,1-2H3,(H,19,20). The summed E-state index contributed by atoms with van der Waals surface area (Å²) in [6, 6.07) is 4.37. The molecule has 3 N–H and O–H groups in total. The average molecular weight is 289 g/mol. The highest BCUT2D eigenvalue weighted by Gasteiger charge is 2.25. The summed E-state index contributed by atoms with van der Waals surface area (Å²) in [7, 11) is 0. The van der Waals surface area contributed by atoms with Gasteiger partial charge in [0.1, 0.15) is 5.82 Å². The largest absolute Gasteiger partial charge is 0.476 e. The molecule has 1 aromatic rings. The zero-order valence-corrected chi connectivity index (χ0v) is 13.1. The minimum atomic E-state index is 0.517. The smallest absolute Gasteiger partial charge is 0.239 e. The lowest BCUT2D eigenvalue weighted by Gasteiger charge is -2.32. The minimum absolute atomic E-state index is 0.517. The SMILES string of the molecule is CC1CCC(Nc2ccc(N)c(OCC3CC3)n2)CC1C. The zero-order chi connectivity index (χ0) is 14.8. The molecule has 0 bridgehead atoms. The van der Waals surface area contributed by atoms with Gasteiger partial charge in [-0.1, -0.05) is 13.8 Å². The topological polar surface area (TPSA) is 60.2 Å². The molecule has 2 aliphatic carbocycles. The average Bonchev–Trinajstić information content (AvgIpc) is 3.28. The molecule has 4 heteroatoms. The van der Waals surface area contributed by atoms with Crippen molar-refractivity contribution in [3.63, 3.8) is 0 Å². The molecule has 21 heavy (non-hydrogen) atoms. The number of hydrogen-bond acceptors (Lipinski definition) is 4. The van der Waals surface area contributed by atoms with Crippen LogP contribution in [-0.2, 0) is 0 Å². The molecule has 1 aromatic heterocycles. The van der Waals surface area contributed by atoms with E-state index in [0.717, 1.165) is 24.3 Å². The van der Waals surface area contributed by atoms with Gasteiger partial charge in [0, 0.05) is 6.04 Å². The third kappa shape index (κ3) is 3.80. The van der Waals surface area contributed by atoms with Crippen LogP contribution in [0.5, 0.6) is 5.88 Å². The lowest BCUT2D eigenvalue weighted by molar-refractivity contribution is 0.260. The molecule has 116 valence electrons. The predicted octanol–water partition coefficient (Wildman–Crippen LogP) is 3.69. The van der Waals surface area contributed by atoms with Crippen molar-refractivity contribution in [3.05, 3.63) is 12.1 Å². The predicted molar refractivity (Wildman–Crippen MR) is 86.5 cm³/mol. The van der Waals surface area contributed by atoms with E-state index >= 15 is 0 Å². The molecule has 0 aliphatic heterocycles. The van der Waals surface area contributed by atoms with Crippen molar-refractivity contribution in [2.45, 2.75) is 52.0 Å². The third-order valence-electron chi connectivity index (χ3n) is 4.99. The molecule has 0 spiro atoms. The molecule has 2 fully saturated rings. The van der Waals surface area contributed by atoms with Gasteiger partial charge in [-0.3, -0.25) is 0 Å². The highest BCUT2D eigenvalue weighted by Crippen LogP contribution is 2.32. The van der Waals surface area contributed by atoms with E-state index in [9.17, 15) is 0 Å². The number of pyridine rings is 1. The number of nitrogens with one attached hydrogen (secondary N) is 1. The number of nitrogen functional groups attached to an aromatic ring is 1. The van der Waals surface area contributed by atoms with Gasteiger partial charge in [0.05, 0.1) is 12.3 Å². The molecule has 3 rings (SSSR count). The van der Waals surface area contributed by atoms with E-state index in [1.165, 1.54) is 32.1 Å². The van der Waals surface area contributed by atoms with E-state index in [4.69, 9.17) is 10.5 Å². The van der Waals surface area contributed by atoms with Crippen molar-refractivity contribution in [2.75, 3.05) is 17.7 Å². The number of rotatable bonds is 5. The van der Waals surface area contributed by atoms with E-state index in [2.05, 4.69) is 24.1 Å². The van der Waals surface area contributed by atoms with Crippen LogP contribution in [0.2, 0.25) is 0 Å². The molecule has 2 aliphatic rings. The van der Waals surface area contributed by atoms with Crippen LogP contribution in [0.3, 0.4) is 0 Å². The van der Waals surface area contributed by atoms with E-state index < -0.39 is 0 Å². The van der Waals surface area contributed by atoms with Crippen molar-refractivity contribution in [3.8, 4) is 5.88 Å². The molecule has 1 heterocycles. The Morgan fingerprint density at radius 2 is 2.00 bits per heavy atom. The van der Waals surface area contributed by atoms with Crippen molar-refractivity contribution in [2.24, 2.45) is 17.8 Å². The van der Waals surface area contributed by atoms with Crippen LogP contribution < -0.4 is 15.8 Å². The lowest BCUT2D eigenvalue weighted by atomic mass is 9.79. The number of ether oxygens (including phenoxy) is 1. The molecular weight excluding hydrogens is 262 g/mol. The summed E-state index contributed by atoms with van der Waals surface area (Å²) < 4.78 is 5.75. The maximum absolute atomic E-state index is 5.95. The Morgan fingerprint density at radius 1 is 1.19 bits per heavy atom. The Hall–Kier alpha value is -1.45. The second kappa shape index (κ2) is 6.12. The van der Waals surface area contributed by atoms with Crippen LogP contribution in [0.25, 0.3) is 0 Å². The van der Waals surface area contributed by atoms with Gasteiger partial charge in [0.25, 0.3) is 0 Å². The van der Waals surface area contributed by atoms with Gasteiger partial charge in [-0.25, -0.2) is 0 Å². The summed E-state index contributed by atoms with van der Waals surface area (Å²) >= 11 is 0. The van der Waals surface area contributed by atoms with E-state index in [1.54, 1.807) is 0 Å². The van der Waals surface area contributed by atoms with Gasteiger partial charge in [0.15, 0.2) is 0 Å². The van der Waals surface area contributed by atoms with Gasteiger partial charge in [-0.15, -0.1) is 0 Å². The second-order valence-corrected chi connectivity index (χ2v) is 6.95. The highest BCUT2D eigenvalue weighted by atomic mass is 16.5. The van der Waals surface area contributed by atoms with Crippen LogP contribution in [0.1, 0.15) is 46.0 Å². The van der Waals surface area contributed by atoms with Gasteiger partial charge in [-0.05, 0) is 62.0 Å². The fraction of sp³-hybridized carbons (Fsp3) is 0.706. The molecule has 3 atom stereocenters. The molecule has 0 amide bonds. The summed E-state index contributed by atoms with van der Waals surface area (Å²) in [5.74, 6) is 3.80. The molecule has 0 saturated heterocycles. The fourth-order valence-electron chi connectivity index (χ4n) is 3.02. The number of aromatic nitrogens is 1. The Morgan fingerprint density at radius 3 is 2.71 bits per heavy atom. The Labute approximate surface area is 127 Å². The van der Waals surface area contributed by atoms with Crippen molar-refractivity contribution in [1.29, 1.82) is 0 Å². The Kier molecular flexibility index (Phi) is 4.22. The zero-order valence-electron chi connectivity index (χ0n) is 13.1. The maximum atomic E-state index is 5.95. The van der Waals surface area contributed by atoms with Gasteiger partial charge in [0.2, 0.25) is 5.88 Å². The highest BCUT2D eigenvalue weighted by molar-refractivity contribution is 5.53. The number of anilines is 2. The first-order valence-electron chi connectivity index (χ1n) is 8.27. The van der Waals surface area contributed by atoms with Crippen molar-refractivity contribution < 1.29 is 4.74 Å². The Balaban J connectivity index is 1.60. The fourth-order valence-corrected chi connectivity index (χ4v) is 3.02. The quantitative estimate of drug-likeness (QED) is 0.868. The maximum Gasteiger partial charge on any atom is 0.239 e. The lowest BCUT2D eigenvalue weighted by Crippen LogP contribution is -2.30. The summed E-state index contributed by atoms with van der Waals surface area (Å²) in [6.45, 7) is 5.45. The molecule has 0 radical (unpaired) electrons. The number of nitrogens with zero attached hydrogens (tertiary/aromatic N) is 1. The van der Waals surface area contributed by atoms with Gasteiger partial charge < -0.3 is 15.8 Å². The normalized spacial score (nSPS) is 29.1. The van der Waals surface area contributed by atoms with E-state index in [0.29, 0.717) is 23.5 Å². The molecule has 2 saturated carbocycles. The molecular formula is C17H27N3O. The second-order valence-electron chi connectivity index (χ2n) is 6.95. The van der Waals surface area contributed by atoms with Crippen LogP contribution in [0, 0.1) is 17.8 Å². The summed E-state index contributed by atoms with van der Waals surface area (Å²) in [4.78, 5) is 4.55. The summed E-state index contributed by atoms with van der Waals surface area (Å²) in [5.41, 5.74) is 6.59. The van der Waals surface area contributed by atoms with Crippen LogP contribution >= 0.6 is 0 Å². The summed E-state index contributed by atoms with van der Waals surface area (Å²) in [6.07, 6.45) is 6.27. The van der Waals surface area contributed by atoms with Crippen LogP contribution in [0.4, 0.5) is 11.5 Å². The third-order valence-corrected chi connectivity index (χ3v) is 4.99. The van der Waals surface area contributed by atoms with Crippen molar-refractivity contribution in [1.82, 2.24) is 4.98 Å². The molecule has 4 nitrogen and oxygen atoms in total. The summed E-state index contributed by atoms with van der Waals surface area (Å²) in [5, 5.41) is 3.56. The van der Waals surface area contributed by atoms with Crippen molar-refractivity contribution >= 4 is 11.5 Å². The van der Waals surface area contributed by atoms with E-state index in [-0.39, 0.29) is 0 Å². The van der Waals surface area contributed by atoms with Gasteiger partial charge in [-0.2, -0.15) is 4.98 Å². The van der Waals surface area contributed by atoms with Crippen LogP contribution in [-0.4, -0.2) is 17.6 Å². The molecule has 0 aromatic carbocycles. The number of hydrogen-bond donors (Lipinski definition) is 2. The first-order valence-corrected chi connectivity index (χ1v) is 8.27. The monoisotopic (exact) mass is 289 g/mol.